The number of nitrogens with zero attached hydrogens (tertiary/aromatic N) is 3. The van der Waals surface area contributed by atoms with Gasteiger partial charge in [0.15, 0.2) is 0 Å². The molecule has 0 aliphatic heterocycles. The van der Waals surface area contributed by atoms with Gasteiger partial charge in [-0.25, -0.2) is 0 Å². The molecule has 2 aromatic heterocycles. The molecular weight excluding hydrogens is 340 g/mol. The predicted octanol–water partition coefficient (Wildman–Crippen LogP) is 3.04. The Bertz CT molecular complexity index is 808. The van der Waals surface area contributed by atoms with Crippen LogP contribution >= 0.6 is 27.5 Å². The van der Waals surface area contributed by atoms with E-state index in [4.69, 9.17) is 5.73 Å². The summed E-state index contributed by atoms with van der Waals surface area (Å²) in [5, 5.41) is 5.48. The third-order valence-electron chi connectivity index (χ3n) is 3.01. The van der Waals surface area contributed by atoms with Gasteiger partial charge in [-0.15, -0.1) is 0 Å². The first-order valence-electron chi connectivity index (χ1n) is 6.02. The van der Waals surface area contributed by atoms with E-state index in [0.29, 0.717) is 9.35 Å². The summed E-state index contributed by atoms with van der Waals surface area (Å²) in [5.41, 5.74) is 7.91. The molecule has 0 saturated heterocycles. The lowest BCUT2D eigenvalue weighted by Crippen LogP contribution is -2.09. The second-order valence-corrected chi connectivity index (χ2v) is 5.86. The zero-order valence-corrected chi connectivity index (χ0v) is 13.0. The molecule has 3 rings (SSSR count). The topological polar surface area (TPSA) is 73.8 Å². The molecule has 1 aromatic carbocycles. The number of fused-ring (bicyclic) bond motifs is 1. The van der Waals surface area contributed by atoms with Crippen LogP contribution in [0.2, 0.25) is 0 Å². The fourth-order valence-corrected chi connectivity index (χ4v) is 3.49. The van der Waals surface area contributed by atoms with Gasteiger partial charge >= 0.3 is 0 Å². The number of amides is 1. The number of primary amides is 1. The van der Waals surface area contributed by atoms with Crippen molar-refractivity contribution in [2.45, 2.75) is 13.5 Å². The van der Waals surface area contributed by atoms with Gasteiger partial charge in [-0.05, 0) is 46.5 Å². The number of aryl methyl sites for hydroxylation is 1. The Hall–Kier alpha value is -1.73. The van der Waals surface area contributed by atoms with Gasteiger partial charge in [0.1, 0.15) is 4.88 Å². The quantitative estimate of drug-likeness (QED) is 0.788. The van der Waals surface area contributed by atoms with Crippen LogP contribution in [-0.4, -0.2) is 20.1 Å². The summed E-state index contributed by atoms with van der Waals surface area (Å²) in [6, 6.07) is 5.91. The molecule has 1 amide bonds. The molecular formula is C13H11BrN4OS. The third kappa shape index (κ3) is 2.12. The van der Waals surface area contributed by atoms with Crippen molar-refractivity contribution in [3.63, 3.8) is 0 Å². The van der Waals surface area contributed by atoms with Crippen molar-refractivity contribution in [2.24, 2.45) is 5.73 Å². The number of benzene rings is 1. The number of carbonyl (C=O) groups is 1. The first-order chi connectivity index (χ1) is 9.60. The molecule has 3 aromatic rings. The second kappa shape index (κ2) is 4.99. The summed E-state index contributed by atoms with van der Waals surface area (Å²) in [6.07, 6.45) is 1.99. The first-order valence-corrected chi connectivity index (χ1v) is 7.59. The first kappa shape index (κ1) is 13.3. The van der Waals surface area contributed by atoms with Crippen LogP contribution in [0, 0.1) is 0 Å². The van der Waals surface area contributed by atoms with E-state index in [1.807, 2.05) is 36.0 Å². The molecule has 0 aliphatic rings. The minimum Gasteiger partial charge on any atom is -0.365 e. The Balaban J connectivity index is 2.12. The van der Waals surface area contributed by atoms with Gasteiger partial charge in [0.2, 0.25) is 0 Å². The molecule has 0 spiro atoms. The van der Waals surface area contributed by atoms with E-state index in [1.54, 1.807) is 0 Å². The van der Waals surface area contributed by atoms with Crippen LogP contribution in [0.1, 0.15) is 16.6 Å². The number of hydrogen-bond acceptors (Lipinski definition) is 4. The van der Waals surface area contributed by atoms with Crippen molar-refractivity contribution >= 4 is 44.3 Å². The Morgan fingerprint density at radius 1 is 1.50 bits per heavy atom. The average Bonchev–Trinajstić information content (AvgIpc) is 3.00. The monoisotopic (exact) mass is 350 g/mol. The van der Waals surface area contributed by atoms with Gasteiger partial charge in [-0.1, -0.05) is 6.07 Å². The molecule has 20 heavy (non-hydrogen) atoms. The summed E-state index contributed by atoms with van der Waals surface area (Å²) in [6.45, 7) is 2.87. The summed E-state index contributed by atoms with van der Waals surface area (Å²) in [7, 11) is 0. The molecule has 0 aliphatic carbocycles. The molecule has 2 heterocycles. The Morgan fingerprint density at radius 3 is 2.95 bits per heavy atom. The van der Waals surface area contributed by atoms with Crippen molar-refractivity contribution in [3.05, 3.63) is 33.7 Å². The minimum atomic E-state index is -0.472. The van der Waals surface area contributed by atoms with Crippen LogP contribution in [0.5, 0.6) is 0 Å². The Kier molecular flexibility index (Phi) is 3.31. The standard InChI is InChI=1S/C13H11BrN4OS/c1-2-18-6-8-5-7(3-4-9(8)16-18)11-10(14)12(13(15)19)20-17-11/h3-6H,2H2,1H3,(H2,15,19). The van der Waals surface area contributed by atoms with Crippen LogP contribution in [0.25, 0.3) is 22.2 Å². The van der Waals surface area contributed by atoms with Gasteiger partial charge < -0.3 is 5.73 Å². The highest BCUT2D eigenvalue weighted by molar-refractivity contribution is 9.10. The molecule has 0 radical (unpaired) electrons. The van der Waals surface area contributed by atoms with E-state index in [-0.39, 0.29) is 0 Å². The van der Waals surface area contributed by atoms with Crippen molar-refractivity contribution < 1.29 is 4.79 Å². The van der Waals surface area contributed by atoms with E-state index in [1.165, 1.54) is 0 Å². The molecule has 0 fully saturated rings. The van der Waals surface area contributed by atoms with E-state index in [9.17, 15) is 4.79 Å². The smallest absolute Gasteiger partial charge is 0.261 e. The summed E-state index contributed by atoms with van der Waals surface area (Å²) < 4.78 is 6.85. The van der Waals surface area contributed by atoms with E-state index in [2.05, 4.69) is 25.4 Å². The fourth-order valence-electron chi connectivity index (χ4n) is 2.00. The van der Waals surface area contributed by atoms with Crippen molar-refractivity contribution in [3.8, 4) is 11.3 Å². The van der Waals surface area contributed by atoms with Gasteiger partial charge in [-0.3, -0.25) is 9.48 Å². The molecule has 0 atom stereocenters. The molecule has 102 valence electrons. The van der Waals surface area contributed by atoms with E-state index < -0.39 is 5.91 Å². The van der Waals surface area contributed by atoms with Gasteiger partial charge in [0, 0.05) is 23.7 Å². The summed E-state index contributed by atoms with van der Waals surface area (Å²) >= 11 is 4.50. The van der Waals surface area contributed by atoms with Crippen LogP contribution in [0.15, 0.2) is 28.9 Å². The zero-order chi connectivity index (χ0) is 14.3. The van der Waals surface area contributed by atoms with Crippen LogP contribution in [0.4, 0.5) is 0 Å². The summed E-state index contributed by atoms with van der Waals surface area (Å²) in [4.78, 5) is 11.7. The highest BCUT2D eigenvalue weighted by Crippen LogP contribution is 2.34. The second-order valence-electron chi connectivity index (χ2n) is 4.30. The van der Waals surface area contributed by atoms with Gasteiger partial charge in [0.05, 0.1) is 15.7 Å². The van der Waals surface area contributed by atoms with Crippen LogP contribution < -0.4 is 5.73 Å². The number of nitrogens with two attached hydrogens (primary N) is 1. The van der Waals surface area contributed by atoms with E-state index in [0.717, 1.165) is 40.2 Å². The molecule has 5 nitrogen and oxygen atoms in total. The largest absolute Gasteiger partial charge is 0.365 e. The van der Waals surface area contributed by atoms with Crippen LogP contribution in [0.3, 0.4) is 0 Å². The molecule has 2 N–H and O–H groups in total. The van der Waals surface area contributed by atoms with Crippen molar-refractivity contribution in [1.82, 2.24) is 14.2 Å². The highest BCUT2D eigenvalue weighted by atomic mass is 79.9. The molecule has 0 unspecified atom stereocenters. The lowest BCUT2D eigenvalue weighted by Gasteiger charge is -1.98. The predicted molar refractivity (Wildman–Crippen MR) is 82.7 cm³/mol. The number of aromatic nitrogens is 3. The lowest BCUT2D eigenvalue weighted by atomic mass is 10.1. The number of rotatable bonds is 3. The third-order valence-corrected chi connectivity index (χ3v) is 4.90. The maximum absolute atomic E-state index is 11.3. The highest BCUT2D eigenvalue weighted by Gasteiger charge is 2.17. The maximum Gasteiger partial charge on any atom is 0.261 e. The van der Waals surface area contributed by atoms with E-state index >= 15 is 0 Å². The Labute approximate surface area is 127 Å². The maximum atomic E-state index is 11.3. The summed E-state index contributed by atoms with van der Waals surface area (Å²) in [5.74, 6) is -0.472. The SMILES string of the molecule is CCn1cc2cc(-c3nsc(C(N)=O)c3Br)ccc2n1. The number of carbonyl (C=O) groups excluding carboxylic acids is 1. The molecule has 0 saturated carbocycles. The molecule has 7 heteroatoms. The Morgan fingerprint density at radius 2 is 2.30 bits per heavy atom. The normalized spacial score (nSPS) is 11.1. The van der Waals surface area contributed by atoms with Crippen LogP contribution in [-0.2, 0) is 6.54 Å². The fraction of sp³-hybridized carbons (Fsp3) is 0.154. The lowest BCUT2D eigenvalue weighted by molar-refractivity contribution is 0.100. The van der Waals surface area contributed by atoms with Gasteiger partial charge in [-0.2, -0.15) is 9.47 Å². The van der Waals surface area contributed by atoms with Crippen molar-refractivity contribution in [2.75, 3.05) is 0 Å². The number of hydrogen-bond donors (Lipinski definition) is 1. The van der Waals surface area contributed by atoms with Gasteiger partial charge in [0.25, 0.3) is 5.91 Å². The van der Waals surface area contributed by atoms with Crippen molar-refractivity contribution in [1.29, 1.82) is 0 Å². The average molecular weight is 351 g/mol. The number of halogens is 1. The zero-order valence-electron chi connectivity index (χ0n) is 10.6. The minimum absolute atomic E-state index is 0.435. The molecule has 0 bridgehead atoms.